The first kappa shape index (κ1) is 29.5. The maximum absolute atomic E-state index is 13.8. The molecule has 1 aromatic carbocycles. The minimum absolute atomic E-state index is 0.0254. The lowest BCUT2D eigenvalue weighted by molar-refractivity contribution is -0.141. The molecule has 2 aliphatic heterocycles. The van der Waals surface area contributed by atoms with Gasteiger partial charge in [0.1, 0.15) is 12.4 Å². The summed E-state index contributed by atoms with van der Waals surface area (Å²) in [5.74, 6) is -5.08. The van der Waals surface area contributed by atoms with E-state index in [4.69, 9.17) is 38.2 Å². The third-order valence-corrected chi connectivity index (χ3v) is 10.4. The monoisotopic (exact) mass is 606 g/mol. The van der Waals surface area contributed by atoms with E-state index >= 15 is 0 Å². The Labute approximate surface area is 247 Å². The molecule has 0 aromatic heterocycles. The van der Waals surface area contributed by atoms with Crippen molar-refractivity contribution in [1.82, 2.24) is 9.80 Å². The van der Waals surface area contributed by atoms with Crippen LogP contribution in [-0.4, -0.2) is 86.2 Å². The molecule has 12 heteroatoms. The van der Waals surface area contributed by atoms with E-state index in [9.17, 15) is 24.0 Å². The number of carboxylic acids is 1. The molecule has 220 valence electrons. The number of hydrogen-bond acceptors (Lipinski definition) is 7. The average Bonchev–Trinajstić information content (AvgIpc) is 3.26. The molecule has 0 spiro atoms. The average molecular weight is 607 g/mol. The van der Waals surface area contributed by atoms with Gasteiger partial charge in [-0.3, -0.25) is 33.8 Å². The lowest BCUT2D eigenvalue weighted by Gasteiger charge is -2.50. The van der Waals surface area contributed by atoms with Crippen LogP contribution in [0.4, 0.5) is 0 Å². The van der Waals surface area contributed by atoms with Gasteiger partial charge in [0.25, 0.3) is 11.8 Å². The Morgan fingerprint density at radius 1 is 1.02 bits per heavy atom. The molecular weight excluding hydrogens is 575 g/mol. The van der Waals surface area contributed by atoms with Crippen LogP contribution in [0.2, 0.25) is 0 Å². The van der Waals surface area contributed by atoms with E-state index in [1.54, 1.807) is 24.3 Å². The number of benzene rings is 1. The summed E-state index contributed by atoms with van der Waals surface area (Å²) >= 11 is 14.3. The van der Waals surface area contributed by atoms with Crippen molar-refractivity contribution in [3.8, 4) is 5.75 Å². The van der Waals surface area contributed by atoms with Crippen molar-refractivity contribution in [2.45, 2.75) is 54.2 Å². The summed E-state index contributed by atoms with van der Waals surface area (Å²) in [5.41, 5.74) is 1.32. The number of likely N-dealkylation sites (tertiary alicyclic amines) is 2. The highest BCUT2D eigenvalue weighted by Crippen LogP contribution is 2.65. The van der Waals surface area contributed by atoms with Gasteiger partial charge < -0.3 is 14.9 Å². The molecule has 10 nitrogen and oxygen atoms in total. The summed E-state index contributed by atoms with van der Waals surface area (Å²) in [5, 5.41) is 17.9. The number of alkyl halides is 2. The van der Waals surface area contributed by atoms with Crippen LogP contribution in [0, 0.1) is 17.8 Å². The number of fused-ring (bicyclic) bond motifs is 4. The Bertz CT molecular complexity index is 1320. The van der Waals surface area contributed by atoms with Crippen LogP contribution in [0.15, 0.2) is 35.9 Å². The second-order valence-electron chi connectivity index (χ2n) is 11.2. The molecule has 0 bridgehead atoms. The molecule has 2 heterocycles. The number of aliphatic carboxylic acids is 1. The molecule has 1 saturated carbocycles. The number of ether oxygens (including phenoxy) is 1. The van der Waals surface area contributed by atoms with E-state index < -0.39 is 51.2 Å². The number of carbonyl (C=O) groups excluding carboxylic acids is 4. The SMILES string of the molecule is CN1C(=O)[C@]2(Cl)C[C@@H]3C(=CC[C@@H]4C(=O)N(CCCCCC(=O)O)C(=O)[C@@H]43)[C@H](c3ccc(OCCO)cc3)[C@]2(Cl)C1=O. The summed E-state index contributed by atoms with van der Waals surface area (Å²) in [4.78, 5) is 63.5. The van der Waals surface area contributed by atoms with E-state index in [1.165, 1.54) is 11.9 Å². The molecule has 1 aromatic rings. The van der Waals surface area contributed by atoms with Crippen molar-refractivity contribution < 1.29 is 38.9 Å². The molecule has 4 aliphatic rings. The van der Waals surface area contributed by atoms with Gasteiger partial charge in [0.05, 0.1) is 18.4 Å². The number of hydrogen-bond donors (Lipinski definition) is 2. The lowest BCUT2D eigenvalue weighted by Crippen LogP contribution is -2.60. The Morgan fingerprint density at radius 3 is 2.39 bits per heavy atom. The van der Waals surface area contributed by atoms with Crippen molar-refractivity contribution in [3.63, 3.8) is 0 Å². The number of unbranched alkanes of at least 4 members (excludes halogenated alkanes) is 2. The molecule has 4 amide bonds. The maximum Gasteiger partial charge on any atom is 0.303 e. The quantitative estimate of drug-likeness (QED) is 0.179. The topological polar surface area (TPSA) is 142 Å². The molecule has 41 heavy (non-hydrogen) atoms. The largest absolute Gasteiger partial charge is 0.491 e. The molecule has 2 saturated heterocycles. The van der Waals surface area contributed by atoms with Gasteiger partial charge in [-0.25, -0.2) is 0 Å². The molecule has 0 unspecified atom stereocenters. The molecule has 2 N–H and O–H groups in total. The number of carboxylic acid groups (broad SMARTS) is 1. The van der Waals surface area contributed by atoms with Crippen LogP contribution in [0.3, 0.4) is 0 Å². The van der Waals surface area contributed by atoms with Gasteiger partial charge in [0.15, 0.2) is 9.75 Å². The zero-order valence-electron chi connectivity index (χ0n) is 22.6. The number of aliphatic hydroxyl groups is 1. The van der Waals surface area contributed by atoms with Gasteiger partial charge in [-0.1, -0.05) is 30.2 Å². The molecule has 3 fully saturated rings. The number of amides is 4. The number of nitrogens with zero attached hydrogens (tertiary/aromatic N) is 2. The summed E-state index contributed by atoms with van der Waals surface area (Å²) in [6, 6.07) is 6.82. The first-order valence-corrected chi connectivity index (χ1v) is 14.5. The van der Waals surface area contributed by atoms with E-state index in [2.05, 4.69) is 0 Å². The fourth-order valence-electron chi connectivity index (χ4n) is 7.05. The van der Waals surface area contributed by atoms with Crippen molar-refractivity contribution in [3.05, 3.63) is 41.5 Å². The van der Waals surface area contributed by atoms with E-state index in [1.807, 2.05) is 6.08 Å². The van der Waals surface area contributed by atoms with Gasteiger partial charge in [-0.15, -0.1) is 23.2 Å². The molecule has 2 aliphatic carbocycles. The number of halogens is 2. The second kappa shape index (κ2) is 11.0. The number of carbonyl (C=O) groups is 5. The number of aliphatic hydroxyl groups excluding tert-OH is 1. The first-order valence-electron chi connectivity index (χ1n) is 13.8. The number of allylic oxidation sites excluding steroid dienone is 2. The predicted molar refractivity (Wildman–Crippen MR) is 147 cm³/mol. The van der Waals surface area contributed by atoms with Gasteiger partial charge in [-0.2, -0.15) is 0 Å². The summed E-state index contributed by atoms with van der Waals surface area (Å²) in [6.45, 7) is 0.139. The van der Waals surface area contributed by atoms with Gasteiger partial charge in [0.2, 0.25) is 11.8 Å². The van der Waals surface area contributed by atoms with Crippen molar-refractivity contribution in [1.29, 1.82) is 0 Å². The minimum atomic E-state index is -1.85. The maximum atomic E-state index is 13.8. The summed E-state index contributed by atoms with van der Waals surface area (Å²) < 4.78 is 5.47. The van der Waals surface area contributed by atoms with Crippen LogP contribution in [0.5, 0.6) is 5.75 Å². The smallest absolute Gasteiger partial charge is 0.303 e. The standard InChI is InChI=1S/C29H32Cl2N2O8/c1-32-26(39)28(30)15-20-18(23(29(28,31)27(32)40)16-6-8-17(9-7-16)41-14-13-34)10-11-19-22(20)25(38)33(24(19)37)12-4-2-3-5-21(35)36/h6-10,19-20,22-23,34H,2-5,11-15H2,1H3,(H,35,36)/t19-,20+,22-,23-,28+,29-/m0/s1. The fraction of sp³-hybridized carbons (Fsp3) is 0.552. The van der Waals surface area contributed by atoms with Gasteiger partial charge >= 0.3 is 5.97 Å². The Kier molecular flexibility index (Phi) is 7.95. The highest BCUT2D eigenvalue weighted by atomic mass is 35.5. The Morgan fingerprint density at radius 2 is 1.73 bits per heavy atom. The Balaban J connectivity index is 1.50. The van der Waals surface area contributed by atoms with Crippen molar-refractivity contribution in [2.75, 3.05) is 26.8 Å². The first-order chi connectivity index (χ1) is 19.5. The fourth-order valence-corrected chi connectivity index (χ4v) is 8.07. The molecule has 6 atom stereocenters. The minimum Gasteiger partial charge on any atom is -0.491 e. The highest BCUT2D eigenvalue weighted by Gasteiger charge is 2.75. The molecular formula is C29H32Cl2N2O8. The predicted octanol–water partition coefficient (Wildman–Crippen LogP) is 2.69. The Hall–Kier alpha value is -2.95. The van der Waals surface area contributed by atoms with E-state index in [-0.39, 0.29) is 50.8 Å². The number of rotatable bonds is 10. The van der Waals surface area contributed by atoms with Crippen LogP contribution in [0.25, 0.3) is 0 Å². The zero-order chi connectivity index (χ0) is 29.7. The zero-order valence-corrected chi connectivity index (χ0v) is 24.1. The van der Waals surface area contributed by atoms with Crippen LogP contribution >= 0.6 is 23.2 Å². The second-order valence-corrected chi connectivity index (χ2v) is 12.4. The summed E-state index contributed by atoms with van der Waals surface area (Å²) in [7, 11) is 1.34. The van der Waals surface area contributed by atoms with Crippen LogP contribution in [-0.2, 0) is 24.0 Å². The third-order valence-electron chi connectivity index (χ3n) is 8.95. The lowest BCUT2D eigenvalue weighted by atomic mass is 9.56. The highest BCUT2D eigenvalue weighted by molar-refractivity contribution is 6.53. The van der Waals surface area contributed by atoms with Crippen molar-refractivity contribution in [2.24, 2.45) is 17.8 Å². The molecule has 0 radical (unpaired) electrons. The van der Waals surface area contributed by atoms with E-state index in [0.29, 0.717) is 36.1 Å². The normalized spacial score (nSPS) is 32.5. The molecule has 5 rings (SSSR count). The number of imide groups is 2. The van der Waals surface area contributed by atoms with Gasteiger partial charge in [-0.05, 0) is 49.3 Å². The third kappa shape index (κ3) is 4.55. The van der Waals surface area contributed by atoms with Crippen LogP contribution in [0.1, 0.15) is 50.0 Å². The van der Waals surface area contributed by atoms with Crippen LogP contribution < -0.4 is 4.74 Å². The summed E-state index contributed by atoms with van der Waals surface area (Å²) in [6.07, 6.45) is 3.63. The van der Waals surface area contributed by atoms with Gasteiger partial charge in [0, 0.05) is 25.9 Å². The van der Waals surface area contributed by atoms with Crippen molar-refractivity contribution >= 4 is 52.8 Å². The van der Waals surface area contributed by atoms with E-state index in [0.717, 1.165) is 4.90 Å².